The Kier molecular flexibility index (Phi) is 6.34. The number of nitrogens with zero attached hydrogens (tertiary/aromatic N) is 2. The summed E-state index contributed by atoms with van der Waals surface area (Å²) in [7, 11) is 1.89. The van der Waals surface area contributed by atoms with Crippen LogP contribution in [0, 0.1) is 11.8 Å². The highest BCUT2D eigenvalue weighted by Gasteiger charge is 2.36. The van der Waals surface area contributed by atoms with Crippen LogP contribution in [0.4, 0.5) is 0 Å². The molecule has 2 rings (SSSR count). The van der Waals surface area contributed by atoms with Crippen molar-refractivity contribution in [1.29, 1.82) is 0 Å². The van der Waals surface area contributed by atoms with E-state index in [0.29, 0.717) is 12.1 Å². The molecule has 2 unspecified atom stereocenters. The van der Waals surface area contributed by atoms with Crippen molar-refractivity contribution < 1.29 is 0 Å². The van der Waals surface area contributed by atoms with Crippen molar-refractivity contribution >= 4 is 5.96 Å². The van der Waals surface area contributed by atoms with E-state index in [2.05, 4.69) is 41.3 Å². The van der Waals surface area contributed by atoms with E-state index < -0.39 is 0 Å². The van der Waals surface area contributed by atoms with E-state index in [9.17, 15) is 0 Å². The molecular formula is C17H34N4. The molecule has 0 aromatic heterocycles. The molecule has 0 amide bonds. The number of guanidine groups is 1. The lowest BCUT2D eigenvalue weighted by atomic mass is 10.0. The van der Waals surface area contributed by atoms with Gasteiger partial charge in [0.1, 0.15) is 0 Å². The number of aliphatic imine (C=N–C) groups is 1. The summed E-state index contributed by atoms with van der Waals surface area (Å²) < 4.78 is 0. The average Bonchev–Trinajstić information content (AvgIpc) is 3.18. The Morgan fingerprint density at radius 2 is 1.95 bits per heavy atom. The normalized spacial score (nSPS) is 28.0. The maximum absolute atomic E-state index is 4.41. The molecule has 1 saturated heterocycles. The molecule has 0 aromatic rings. The Bertz CT molecular complexity index is 332. The highest BCUT2D eigenvalue weighted by molar-refractivity contribution is 5.80. The second-order valence-corrected chi connectivity index (χ2v) is 7.22. The lowest BCUT2D eigenvalue weighted by Crippen LogP contribution is -2.49. The minimum Gasteiger partial charge on any atom is -0.354 e. The van der Waals surface area contributed by atoms with Crippen LogP contribution < -0.4 is 10.6 Å². The first-order valence-electron chi connectivity index (χ1n) is 8.84. The Morgan fingerprint density at radius 3 is 2.52 bits per heavy atom. The van der Waals surface area contributed by atoms with Gasteiger partial charge in [0.2, 0.25) is 0 Å². The van der Waals surface area contributed by atoms with Crippen LogP contribution in [0.15, 0.2) is 4.99 Å². The van der Waals surface area contributed by atoms with Gasteiger partial charge in [-0.25, -0.2) is 0 Å². The van der Waals surface area contributed by atoms with E-state index >= 15 is 0 Å². The summed E-state index contributed by atoms with van der Waals surface area (Å²) in [5.74, 6) is 2.66. The zero-order valence-electron chi connectivity index (χ0n) is 14.4. The zero-order chi connectivity index (χ0) is 15.2. The van der Waals surface area contributed by atoms with Crippen molar-refractivity contribution in [2.75, 3.05) is 26.7 Å². The van der Waals surface area contributed by atoms with Crippen LogP contribution in [0.1, 0.15) is 52.9 Å². The lowest BCUT2D eigenvalue weighted by molar-refractivity contribution is 0.187. The SMILES string of the molecule is CCCC1CC1NC(=NC)NC1CCN(CC(C)C)CC1. The second kappa shape index (κ2) is 8.02. The number of rotatable bonds is 6. The third-order valence-electron chi connectivity index (χ3n) is 4.68. The lowest BCUT2D eigenvalue weighted by Gasteiger charge is -2.34. The number of nitrogens with one attached hydrogen (secondary N) is 2. The van der Waals surface area contributed by atoms with Crippen LogP contribution >= 0.6 is 0 Å². The zero-order valence-corrected chi connectivity index (χ0v) is 14.4. The van der Waals surface area contributed by atoms with Gasteiger partial charge in [-0.3, -0.25) is 4.99 Å². The molecule has 1 saturated carbocycles. The maximum atomic E-state index is 4.41. The van der Waals surface area contributed by atoms with Crippen molar-refractivity contribution in [3.05, 3.63) is 0 Å². The van der Waals surface area contributed by atoms with Crippen molar-refractivity contribution in [2.24, 2.45) is 16.8 Å². The Labute approximate surface area is 130 Å². The molecule has 0 aromatic carbocycles. The van der Waals surface area contributed by atoms with Gasteiger partial charge in [-0.15, -0.1) is 0 Å². The minimum atomic E-state index is 0.586. The van der Waals surface area contributed by atoms with E-state index in [0.717, 1.165) is 17.8 Å². The Morgan fingerprint density at radius 1 is 1.24 bits per heavy atom. The number of hydrogen-bond acceptors (Lipinski definition) is 2. The highest BCUT2D eigenvalue weighted by atomic mass is 15.2. The third kappa shape index (κ3) is 5.50. The monoisotopic (exact) mass is 294 g/mol. The van der Waals surface area contributed by atoms with Crippen LogP contribution in [0.5, 0.6) is 0 Å². The molecule has 4 nitrogen and oxygen atoms in total. The van der Waals surface area contributed by atoms with Crippen LogP contribution in [-0.4, -0.2) is 49.6 Å². The fourth-order valence-electron chi connectivity index (χ4n) is 3.43. The predicted octanol–water partition coefficient (Wildman–Crippen LogP) is 2.46. The fraction of sp³-hybridized carbons (Fsp3) is 0.941. The second-order valence-electron chi connectivity index (χ2n) is 7.22. The molecule has 122 valence electrons. The van der Waals surface area contributed by atoms with Gasteiger partial charge in [0.15, 0.2) is 5.96 Å². The van der Waals surface area contributed by atoms with E-state index in [-0.39, 0.29) is 0 Å². The largest absolute Gasteiger partial charge is 0.354 e. The molecule has 2 aliphatic rings. The number of piperidine rings is 1. The van der Waals surface area contributed by atoms with E-state index in [1.165, 1.54) is 51.7 Å². The van der Waals surface area contributed by atoms with Crippen LogP contribution in [0.3, 0.4) is 0 Å². The van der Waals surface area contributed by atoms with E-state index in [1.54, 1.807) is 0 Å². The van der Waals surface area contributed by atoms with Gasteiger partial charge in [-0.05, 0) is 37.5 Å². The highest BCUT2D eigenvalue weighted by Crippen LogP contribution is 2.34. The first-order chi connectivity index (χ1) is 10.1. The van der Waals surface area contributed by atoms with Crippen molar-refractivity contribution in [3.8, 4) is 0 Å². The minimum absolute atomic E-state index is 0.586. The molecule has 0 bridgehead atoms. The van der Waals surface area contributed by atoms with Crippen LogP contribution in [0.25, 0.3) is 0 Å². The van der Waals surface area contributed by atoms with Crippen LogP contribution in [-0.2, 0) is 0 Å². The van der Waals surface area contributed by atoms with Gasteiger partial charge in [-0.1, -0.05) is 27.2 Å². The van der Waals surface area contributed by atoms with E-state index in [4.69, 9.17) is 0 Å². The number of likely N-dealkylation sites (tertiary alicyclic amines) is 1. The summed E-state index contributed by atoms with van der Waals surface area (Å²) in [6.45, 7) is 10.5. The standard InChI is InChI=1S/C17H34N4/c1-5-6-14-11-16(14)20-17(18-4)19-15-7-9-21(10-8-15)12-13(2)3/h13-16H,5-12H2,1-4H3,(H2,18,19,20). The topological polar surface area (TPSA) is 39.7 Å². The van der Waals surface area contributed by atoms with Crippen molar-refractivity contribution in [3.63, 3.8) is 0 Å². The molecule has 4 heteroatoms. The molecule has 21 heavy (non-hydrogen) atoms. The van der Waals surface area contributed by atoms with Crippen molar-refractivity contribution in [1.82, 2.24) is 15.5 Å². The van der Waals surface area contributed by atoms with Crippen LogP contribution in [0.2, 0.25) is 0 Å². The molecule has 2 fully saturated rings. The van der Waals surface area contributed by atoms with Gasteiger partial charge in [-0.2, -0.15) is 0 Å². The predicted molar refractivity (Wildman–Crippen MR) is 90.7 cm³/mol. The summed E-state index contributed by atoms with van der Waals surface area (Å²) in [4.78, 5) is 7.00. The molecule has 2 N–H and O–H groups in total. The summed E-state index contributed by atoms with van der Waals surface area (Å²) in [6.07, 6.45) is 6.43. The molecule has 0 spiro atoms. The maximum Gasteiger partial charge on any atom is 0.191 e. The third-order valence-corrected chi connectivity index (χ3v) is 4.68. The molecule has 0 radical (unpaired) electrons. The quantitative estimate of drug-likeness (QED) is 0.584. The van der Waals surface area contributed by atoms with E-state index in [1.807, 2.05) is 7.05 Å². The first kappa shape index (κ1) is 16.6. The molecular weight excluding hydrogens is 260 g/mol. The van der Waals surface area contributed by atoms with Gasteiger partial charge >= 0.3 is 0 Å². The summed E-state index contributed by atoms with van der Waals surface area (Å²) in [5.41, 5.74) is 0. The Hall–Kier alpha value is -0.770. The van der Waals surface area contributed by atoms with Crippen molar-refractivity contribution in [2.45, 2.75) is 65.0 Å². The molecule has 2 atom stereocenters. The Balaban J connectivity index is 1.67. The first-order valence-corrected chi connectivity index (χ1v) is 8.84. The fourth-order valence-corrected chi connectivity index (χ4v) is 3.43. The molecule has 1 heterocycles. The summed E-state index contributed by atoms with van der Waals surface area (Å²) in [6, 6.07) is 1.25. The van der Waals surface area contributed by atoms with Gasteiger partial charge < -0.3 is 15.5 Å². The average molecular weight is 294 g/mol. The molecule has 1 aliphatic heterocycles. The summed E-state index contributed by atoms with van der Waals surface area (Å²) >= 11 is 0. The smallest absolute Gasteiger partial charge is 0.191 e. The van der Waals surface area contributed by atoms with Gasteiger partial charge in [0.25, 0.3) is 0 Å². The molecule has 1 aliphatic carbocycles. The number of hydrogen-bond donors (Lipinski definition) is 2. The van der Waals surface area contributed by atoms with Gasteiger partial charge in [0.05, 0.1) is 0 Å². The summed E-state index contributed by atoms with van der Waals surface area (Å²) in [5, 5.41) is 7.22. The van der Waals surface area contributed by atoms with Gasteiger partial charge in [0, 0.05) is 38.8 Å².